The van der Waals surface area contributed by atoms with Crippen LogP contribution in [0.25, 0.3) is 0 Å². The van der Waals surface area contributed by atoms with Crippen LogP contribution in [0.4, 0.5) is 11.4 Å². The SMILES string of the molecule is Cc1cc(C)cc(NC(=S)N2CCN(CC(=O)Nc3cc(Cl)cc(Cl)c3)CC2)c1. The average Bonchev–Trinajstić information content (AvgIpc) is 2.60. The maximum Gasteiger partial charge on any atom is 0.238 e. The highest BCUT2D eigenvalue weighted by Crippen LogP contribution is 2.22. The molecule has 0 saturated carbocycles. The van der Waals surface area contributed by atoms with Gasteiger partial charge in [-0.15, -0.1) is 0 Å². The molecule has 8 heteroatoms. The highest BCUT2D eigenvalue weighted by atomic mass is 35.5. The van der Waals surface area contributed by atoms with Crippen LogP contribution in [0.2, 0.25) is 10.0 Å². The van der Waals surface area contributed by atoms with E-state index in [1.807, 2.05) is 0 Å². The molecule has 1 heterocycles. The van der Waals surface area contributed by atoms with Crippen molar-refractivity contribution in [2.24, 2.45) is 0 Å². The zero-order valence-electron chi connectivity index (χ0n) is 16.5. The van der Waals surface area contributed by atoms with E-state index in [0.29, 0.717) is 27.4 Å². The molecule has 1 saturated heterocycles. The van der Waals surface area contributed by atoms with Gasteiger partial charge in [0.2, 0.25) is 5.91 Å². The normalized spacial score (nSPS) is 14.6. The van der Waals surface area contributed by atoms with Gasteiger partial charge in [-0.2, -0.15) is 0 Å². The molecule has 154 valence electrons. The first-order valence-corrected chi connectivity index (χ1v) is 10.6. The molecular formula is C21H24Cl2N4OS. The van der Waals surface area contributed by atoms with Crippen LogP contribution in [-0.4, -0.2) is 53.5 Å². The molecule has 0 unspecified atom stereocenters. The number of aryl methyl sites for hydroxylation is 2. The second kappa shape index (κ2) is 9.76. The van der Waals surface area contributed by atoms with Crippen LogP contribution in [0.5, 0.6) is 0 Å². The van der Waals surface area contributed by atoms with Crippen molar-refractivity contribution in [3.8, 4) is 0 Å². The van der Waals surface area contributed by atoms with Crippen LogP contribution in [-0.2, 0) is 4.79 Å². The zero-order chi connectivity index (χ0) is 21.0. The monoisotopic (exact) mass is 450 g/mol. The van der Waals surface area contributed by atoms with E-state index in [2.05, 4.69) is 52.5 Å². The van der Waals surface area contributed by atoms with Gasteiger partial charge in [-0.05, 0) is 67.5 Å². The van der Waals surface area contributed by atoms with E-state index in [0.717, 1.165) is 31.9 Å². The third-order valence-electron chi connectivity index (χ3n) is 4.65. The summed E-state index contributed by atoms with van der Waals surface area (Å²) in [4.78, 5) is 16.6. The van der Waals surface area contributed by atoms with Gasteiger partial charge in [0.1, 0.15) is 0 Å². The number of benzene rings is 2. The summed E-state index contributed by atoms with van der Waals surface area (Å²) in [5, 5.41) is 7.87. The van der Waals surface area contributed by atoms with Gasteiger partial charge in [0.15, 0.2) is 5.11 Å². The van der Waals surface area contributed by atoms with Crippen molar-refractivity contribution in [3.63, 3.8) is 0 Å². The fourth-order valence-electron chi connectivity index (χ4n) is 3.39. The first-order valence-electron chi connectivity index (χ1n) is 9.41. The number of hydrogen-bond donors (Lipinski definition) is 2. The number of nitrogens with one attached hydrogen (secondary N) is 2. The van der Waals surface area contributed by atoms with Gasteiger partial charge in [0, 0.05) is 47.6 Å². The predicted molar refractivity (Wildman–Crippen MR) is 125 cm³/mol. The van der Waals surface area contributed by atoms with Crippen LogP contribution < -0.4 is 10.6 Å². The second-order valence-corrected chi connectivity index (χ2v) is 8.54. The fourth-order valence-corrected chi connectivity index (χ4v) is 4.21. The number of thiocarbonyl (C=S) groups is 1. The number of rotatable bonds is 4. The minimum absolute atomic E-state index is 0.0901. The van der Waals surface area contributed by atoms with Gasteiger partial charge in [0.05, 0.1) is 6.54 Å². The summed E-state index contributed by atoms with van der Waals surface area (Å²) >= 11 is 17.5. The molecule has 0 radical (unpaired) electrons. The van der Waals surface area contributed by atoms with Gasteiger partial charge in [-0.25, -0.2) is 0 Å². The number of piperazine rings is 1. The van der Waals surface area contributed by atoms with Crippen molar-refractivity contribution < 1.29 is 4.79 Å². The Morgan fingerprint density at radius 1 is 0.897 bits per heavy atom. The Kier molecular flexibility index (Phi) is 7.35. The molecule has 3 rings (SSSR count). The maximum atomic E-state index is 12.3. The second-order valence-electron chi connectivity index (χ2n) is 7.28. The molecule has 1 aliphatic heterocycles. The molecule has 0 bridgehead atoms. The van der Waals surface area contributed by atoms with Gasteiger partial charge >= 0.3 is 0 Å². The van der Waals surface area contributed by atoms with E-state index < -0.39 is 0 Å². The zero-order valence-corrected chi connectivity index (χ0v) is 18.8. The summed E-state index contributed by atoms with van der Waals surface area (Å²) in [6.07, 6.45) is 0. The number of halogens is 2. The standard InChI is InChI=1S/C21H24Cl2N4OS/c1-14-7-15(2)9-18(8-14)25-21(29)27-5-3-26(4-6-27)13-20(28)24-19-11-16(22)10-17(23)12-19/h7-12H,3-6,13H2,1-2H3,(H,24,28)(H,25,29). The minimum atomic E-state index is -0.0901. The Balaban J connectivity index is 1.47. The number of carbonyl (C=O) groups excluding carboxylic acids is 1. The molecular weight excluding hydrogens is 427 g/mol. The summed E-state index contributed by atoms with van der Waals surface area (Å²) in [6, 6.07) is 11.3. The lowest BCUT2D eigenvalue weighted by molar-refractivity contribution is -0.117. The van der Waals surface area contributed by atoms with Crippen molar-refractivity contribution in [2.45, 2.75) is 13.8 Å². The summed E-state index contributed by atoms with van der Waals surface area (Å²) in [5.41, 5.74) is 4.01. The molecule has 2 aromatic carbocycles. The van der Waals surface area contributed by atoms with Crippen LogP contribution >= 0.6 is 35.4 Å². The van der Waals surface area contributed by atoms with Crippen molar-refractivity contribution in [1.82, 2.24) is 9.80 Å². The lowest BCUT2D eigenvalue weighted by Crippen LogP contribution is -2.51. The third kappa shape index (κ3) is 6.57. The van der Waals surface area contributed by atoms with Crippen LogP contribution in [0.1, 0.15) is 11.1 Å². The summed E-state index contributed by atoms with van der Waals surface area (Å²) in [5.74, 6) is -0.0901. The molecule has 5 nitrogen and oxygen atoms in total. The topological polar surface area (TPSA) is 47.6 Å². The smallest absolute Gasteiger partial charge is 0.238 e. The molecule has 0 spiro atoms. The minimum Gasteiger partial charge on any atom is -0.346 e. The molecule has 0 aliphatic carbocycles. The van der Waals surface area contributed by atoms with Crippen LogP contribution in [0, 0.1) is 13.8 Å². The molecule has 0 atom stereocenters. The lowest BCUT2D eigenvalue weighted by atomic mass is 10.1. The van der Waals surface area contributed by atoms with E-state index in [1.165, 1.54) is 11.1 Å². The van der Waals surface area contributed by atoms with Gasteiger partial charge < -0.3 is 15.5 Å². The number of amides is 1. The highest BCUT2D eigenvalue weighted by molar-refractivity contribution is 7.80. The third-order valence-corrected chi connectivity index (χ3v) is 5.44. The van der Waals surface area contributed by atoms with Crippen LogP contribution in [0.3, 0.4) is 0 Å². The van der Waals surface area contributed by atoms with E-state index >= 15 is 0 Å². The van der Waals surface area contributed by atoms with E-state index in [9.17, 15) is 4.79 Å². The van der Waals surface area contributed by atoms with Gasteiger partial charge in [-0.1, -0.05) is 29.3 Å². The maximum absolute atomic E-state index is 12.3. The number of nitrogens with zero attached hydrogens (tertiary/aromatic N) is 2. The fraction of sp³-hybridized carbons (Fsp3) is 0.333. The summed E-state index contributed by atoms with van der Waals surface area (Å²) in [7, 11) is 0. The average molecular weight is 451 g/mol. The largest absolute Gasteiger partial charge is 0.346 e. The summed E-state index contributed by atoms with van der Waals surface area (Å²) < 4.78 is 0. The van der Waals surface area contributed by atoms with Crippen LogP contribution in [0.15, 0.2) is 36.4 Å². The molecule has 1 amide bonds. The molecule has 2 aromatic rings. The number of carbonyl (C=O) groups is 1. The molecule has 1 fully saturated rings. The number of hydrogen-bond acceptors (Lipinski definition) is 3. The van der Waals surface area contributed by atoms with E-state index in [-0.39, 0.29) is 5.91 Å². The Morgan fingerprint density at radius 2 is 1.45 bits per heavy atom. The predicted octanol–water partition coefficient (Wildman–Crippen LogP) is 4.56. The molecule has 2 N–H and O–H groups in total. The Hall–Kier alpha value is -1.86. The Labute approximate surface area is 187 Å². The van der Waals surface area contributed by atoms with Crippen molar-refractivity contribution >= 4 is 57.8 Å². The van der Waals surface area contributed by atoms with Crippen molar-refractivity contribution in [1.29, 1.82) is 0 Å². The van der Waals surface area contributed by atoms with Crippen molar-refractivity contribution in [2.75, 3.05) is 43.4 Å². The molecule has 0 aromatic heterocycles. The highest BCUT2D eigenvalue weighted by Gasteiger charge is 2.21. The summed E-state index contributed by atoms with van der Waals surface area (Å²) in [6.45, 7) is 7.52. The molecule has 29 heavy (non-hydrogen) atoms. The molecule has 1 aliphatic rings. The number of anilines is 2. The lowest BCUT2D eigenvalue weighted by Gasteiger charge is -2.35. The van der Waals surface area contributed by atoms with Gasteiger partial charge in [0.25, 0.3) is 0 Å². The first kappa shape index (κ1) is 21.8. The first-order chi connectivity index (χ1) is 13.8. The Bertz CT molecular complexity index is 873. The van der Waals surface area contributed by atoms with Crippen molar-refractivity contribution in [3.05, 3.63) is 57.6 Å². The quantitative estimate of drug-likeness (QED) is 0.668. The van der Waals surface area contributed by atoms with E-state index in [4.69, 9.17) is 35.4 Å². The van der Waals surface area contributed by atoms with E-state index in [1.54, 1.807) is 18.2 Å². The van der Waals surface area contributed by atoms with Gasteiger partial charge in [-0.3, -0.25) is 9.69 Å². The Morgan fingerprint density at radius 3 is 2.03 bits per heavy atom.